The molecule has 346 valence electrons. The van der Waals surface area contributed by atoms with Gasteiger partial charge in [0.25, 0.3) is 0 Å². The van der Waals surface area contributed by atoms with Crippen LogP contribution in [0.25, 0.3) is 44.8 Å². The molecule has 2 fully saturated rings. The molecule has 0 bridgehead atoms. The molecule has 0 spiro atoms. The zero-order valence-electron chi connectivity index (χ0n) is 38.1. The maximum absolute atomic E-state index is 12.2. The molecule has 5 aromatic heterocycles. The van der Waals surface area contributed by atoms with E-state index in [1.54, 1.807) is 10.8 Å². The third-order valence-corrected chi connectivity index (χ3v) is 12.7. The number of benzene rings is 4. The van der Waals surface area contributed by atoms with Crippen LogP contribution in [0.1, 0.15) is 19.5 Å². The van der Waals surface area contributed by atoms with Gasteiger partial charge >= 0.3 is 5.69 Å². The van der Waals surface area contributed by atoms with Gasteiger partial charge in [0.2, 0.25) is 0 Å². The molecule has 9 aromatic rings. The lowest BCUT2D eigenvalue weighted by Gasteiger charge is -2.29. The van der Waals surface area contributed by atoms with Crippen molar-refractivity contribution in [2.45, 2.75) is 26.8 Å². The maximum atomic E-state index is 12.2. The van der Waals surface area contributed by atoms with Gasteiger partial charge in [0.15, 0.2) is 22.9 Å². The number of aryl methyl sites for hydroxylation is 2. The molecule has 0 atom stereocenters. The number of aromatic amines is 1. The second kappa shape index (κ2) is 18.8. The molecule has 4 aromatic carbocycles. The van der Waals surface area contributed by atoms with Crippen molar-refractivity contribution in [3.05, 3.63) is 132 Å². The number of rotatable bonds is 10. The van der Waals surface area contributed by atoms with Gasteiger partial charge in [-0.3, -0.25) is 8.97 Å². The summed E-state index contributed by atoms with van der Waals surface area (Å²) in [5.41, 5.74) is 13.3. The number of aromatic nitrogens is 8. The van der Waals surface area contributed by atoms with Crippen LogP contribution in [0.15, 0.2) is 121 Å². The van der Waals surface area contributed by atoms with E-state index in [1.165, 1.54) is 11.4 Å². The maximum Gasteiger partial charge on any atom is 0.326 e. The first-order valence-corrected chi connectivity index (χ1v) is 23.3. The second-order valence-electron chi connectivity index (χ2n) is 16.8. The second-order valence-corrected chi connectivity index (χ2v) is 16.8. The Kier molecular flexibility index (Phi) is 11.8. The van der Waals surface area contributed by atoms with Gasteiger partial charge in [-0.05, 0) is 92.2 Å². The minimum absolute atomic E-state index is 0.101. The van der Waals surface area contributed by atoms with Gasteiger partial charge in [-0.1, -0.05) is 13.0 Å². The number of anilines is 7. The molecular formula is C51H53N13O4. The zero-order valence-corrected chi connectivity index (χ0v) is 38.1. The third-order valence-electron chi connectivity index (χ3n) is 12.7. The highest BCUT2D eigenvalue weighted by molar-refractivity contribution is 5.83. The molecule has 12 rings (SSSR count). The van der Waals surface area contributed by atoms with E-state index in [2.05, 4.69) is 113 Å². The van der Waals surface area contributed by atoms with E-state index in [1.807, 2.05) is 60.4 Å². The summed E-state index contributed by atoms with van der Waals surface area (Å²) in [5, 5.41) is 10.4. The third kappa shape index (κ3) is 8.52. The first kappa shape index (κ1) is 42.7. The minimum atomic E-state index is -0.101. The normalized spacial score (nSPS) is 14.9. The van der Waals surface area contributed by atoms with Gasteiger partial charge < -0.3 is 49.3 Å². The molecule has 0 aliphatic carbocycles. The quantitative estimate of drug-likeness (QED) is 0.104. The first-order valence-electron chi connectivity index (χ1n) is 23.3. The van der Waals surface area contributed by atoms with Crippen LogP contribution in [0, 0.1) is 0 Å². The first-order chi connectivity index (χ1) is 33.5. The molecule has 68 heavy (non-hydrogen) atoms. The summed E-state index contributed by atoms with van der Waals surface area (Å²) in [6.45, 7) is 13.0. The molecule has 8 heterocycles. The summed E-state index contributed by atoms with van der Waals surface area (Å²) >= 11 is 0. The fraction of sp³-hybridized carbons (Fsp3) is 0.275. The lowest BCUT2D eigenvalue weighted by atomic mass is 10.1. The van der Waals surface area contributed by atoms with E-state index >= 15 is 0 Å². The van der Waals surface area contributed by atoms with Gasteiger partial charge in [0.05, 0.1) is 60.2 Å². The summed E-state index contributed by atoms with van der Waals surface area (Å²) in [6, 6.07) is 29.0. The molecule has 17 heteroatoms. The van der Waals surface area contributed by atoms with Crippen molar-refractivity contribution < 1.29 is 14.2 Å². The van der Waals surface area contributed by atoms with E-state index in [9.17, 15) is 4.79 Å². The largest absolute Gasteiger partial charge is 0.490 e. The predicted octanol–water partition coefficient (Wildman–Crippen LogP) is 7.98. The van der Waals surface area contributed by atoms with E-state index in [-0.39, 0.29) is 5.69 Å². The average molecular weight is 912 g/mol. The van der Waals surface area contributed by atoms with Crippen molar-refractivity contribution in [1.82, 2.24) is 38.3 Å². The molecular weight excluding hydrogens is 859 g/mol. The van der Waals surface area contributed by atoms with Crippen LogP contribution in [0.3, 0.4) is 0 Å². The van der Waals surface area contributed by atoms with Crippen LogP contribution in [0.2, 0.25) is 0 Å². The van der Waals surface area contributed by atoms with Crippen LogP contribution in [-0.4, -0.2) is 104 Å². The van der Waals surface area contributed by atoms with Crippen LogP contribution in [-0.2, 0) is 22.4 Å². The highest BCUT2D eigenvalue weighted by Gasteiger charge is 2.20. The van der Waals surface area contributed by atoms with Crippen molar-refractivity contribution in [3.8, 4) is 28.3 Å². The van der Waals surface area contributed by atoms with Crippen LogP contribution in [0.5, 0.6) is 5.75 Å². The lowest BCUT2D eigenvalue weighted by Crippen LogP contribution is -2.36. The Labute approximate surface area is 392 Å². The Bertz CT molecular complexity index is 3270. The molecule has 4 N–H and O–H groups in total. The van der Waals surface area contributed by atoms with Crippen molar-refractivity contribution in [2.24, 2.45) is 0 Å². The Morgan fingerprint density at radius 3 is 2.01 bits per heavy atom. The van der Waals surface area contributed by atoms with Gasteiger partial charge in [-0.15, -0.1) is 0 Å². The molecule has 3 aliphatic rings. The Morgan fingerprint density at radius 2 is 1.34 bits per heavy atom. The number of nitrogens with zero attached hydrogens (tertiary/aromatic N) is 9. The average Bonchev–Trinajstić information content (AvgIpc) is 4.16. The summed E-state index contributed by atoms with van der Waals surface area (Å²) in [5.74, 6) is 2.29. The highest BCUT2D eigenvalue weighted by Crippen LogP contribution is 2.35. The van der Waals surface area contributed by atoms with Crippen molar-refractivity contribution in [2.75, 3.05) is 91.5 Å². The molecule has 0 amide bonds. The van der Waals surface area contributed by atoms with Crippen molar-refractivity contribution in [1.29, 1.82) is 0 Å². The van der Waals surface area contributed by atoms with Crippen LogP contribution in [0.4, 0.5) is 40.1 Å². The minimum Gasteiger partial charge on any atom is -0.490 e. The summed E-state index contributed by atoms with van der Waals surface area (Å²) in [6.07, 6.45) is 10.3. The van der Waals surface area contributed by atoms with Gasteiger partial charge in [0, 0.05) is 104 Å². The number of morpholine rings is 2. The standard InChI is InChI=1S/C26H28N6O2.C25H25N7O2/c1-2-22-24(18-3-8-23-21(17-18)27-10-14-34-23)30-25(26-28-9-11-32(22)26)29-19-4-6-20(7-5-19)31-12-15-33-16-13-31;1-2-32-22-8-3-17(15-20(22)29-25(32)33)21-16-31-10-9-26-24(31)23(28-21)27-18-4-6-19(7-5-18)30-11-13-34-14-12-30/h3-9,11,17,27H,2,10,12-16H2,1H3,(H,29,30);3-10,15-16H,2,11-14H2,1H3,(H,27,28)(H,29,33). The number of hydrogen-bond donors (Lipinski definition) is 4. The molecule has 0 radical (unpaired) electrons. The van der Waals surface area contributed by atoms with E-state index in [4.69, 9.17) is 24.2 Å². The van der Waals surface area contributed by atoms with Gasteiger partial charge in [-0.2, -0.15) is 0 Å². The number of fused-ring (bicyclic) bond motifs is 4. The topological polar surface area (TPSA) is 168 Å². The zero-order chi connectivity index (χ0) is 46.0. The molecule has 0 unspecified atom stereocenters. The number of nitrogens with one attached hydrogen (secondary N) is 4. The molecule has 2 saturated heterocycles. The number of H-pyrrole nitrogens is 1. The van der Waals surface area contributed by atoms with E-state index in [0.29, 0.717) is 19.0 Å². The fourth-order valence-corrected chi connectivity index (χ4v) is 9.20. The Hall–Kier alpha value is -7.89. The van der Waals surface area contributed by atoms with E-state index in [0.717, 1.165) is 145 Å². The number of imidazole rings is 3. The van der Waals surface area contributed by atoms with Crippen molar-refractivity contribution >= 4 is 62.4 Å². The summed E-state index contributed by atoms with van der Waals surface area (Å²) in [4.78, 5) is 38.9. The number of hydrogen-bond acceptors (Lipinski definition) is 13. The molecule has 3 aliphatic heterocycles. The highest BCUT2D eigenvalue weighted by atomic mass is 16.5. The Balaban J connectivity index is 0.000000149. The van der Waals surface area contributed by atoms with E-state index < -0.39 is 0 Å². The van der Waals surface area contributed by atoms with Gasteiger partial charge in [0.1, 0.15) is 12.4 Å². The summed E-state index contributed by atoms with van der Waals surface area (Å²) < 4.78 is 22.5. The SMILES string of the molecule is CCc1c(-c2ccc3c(c2)NCCO3)nc(Nc2ccc(N3CCOCC3)cc2)c2nccn12.CCn1c(=O)[nH]c2cc(-c3cn4ccnc4c(Nc4ccc(N5CCOCC5)cc4)n3)ccc21. The van der Waals surface area contributed by atoms with Crippen molar-refractivity contribution in [3.63, 3.8) is 0 Å². The van der Waals surface area contributed by atoms with Crippen LogP contribution >= 0.6 is 0 Å². The molecule has 0 saturated carbocycles. The number of ether oxygens (including phenoxy) is 3. The van der Waals surface area contributed by atoms with Gasteiger partial charge in [-0.25, -0.2) is 24.7 Å². The summed E-state index contributed by atoms with van der Waals surface area (Å²) in [7, 11) is 0. The Morgan fingerprint density at radius 1 is 0.691 bits per heavy atom. The smallest absolute Gasteiger partial charge is 0.326 e. The monoisotopic (exact) mass is 911 g/mol. The molecule has 17 nitrogen and oxygen atoms in total. The predicted molar refractivity (Wildman–Crippen MR) is 268 cm³/mol. The van der Waals surface area contributed by atoms with Crippen LogP contribution < -0.4 is 36.2 Å². The fourth-order valence-electron chi connectivity index (χ4n) is 9.20. The lowest BCUT2D eigenvalue weighted by molar-refractivity contribution is 0.122.